The van der Waals surface area contributed by atoms with Crippen LogP contribution in [0.15, 0.2) is 240 Å². The fourth-order valence-corrected chi connectivity index (χ4v) is 11.9. The van der Waals surface area contributed by atoms with Crippen molar-refractivity contribution in [1.29, 1.82) is 0 Å². The molecule has 0 radical (unpaired) electrons. The molecule has 1 unspecified atom stereocenters. The molecule has 2 aliphatic rings. The van der Waals surface area contributed by atoms with Crippen molar-refractivity contribution in [3.8, 4) is 5.75 Å². The lowest BCUT2D eigenvalue weighted by Crippen LogP contribution is -2.71. The first-order valence-corrected chi connectivity index (χ1v) is 27.9. The minimum atomic E-state index is -1.39. The molecule has 402 valence electrons. The van der Waals surface area contributed by atoms with Crippen molar-refractivity contribution in [1.82, 2.24) is 20.5 Å². The van der Waals surface area contributed by atoms with Crippen molar-refractivity contribution in [2.24, 2.45) is 5.16 Å². The average Bonchev–Trinajstić information content (AvgIpc) is 3.78. The predicted octanol–water partition coefficient (Wildman–Crippen LogP) is 11.0. The number of benzene rings is 7. The number of ether oxygens (including phenoxy) is 3. The molecule has 0 bridgehead atoms. The van der Waals surface area contributed by atoms with E-state index in [9.17, 15) is 14.4 Å². The maximum Gasteiger partial charge on any atom is 0.407 e. The van der Waals surface area contributed by atoms with Gasteiger partial charge < -0.3 is 35.0 Å². The standard InChI is InChI=1S/C64H56N6O8S2/c1-3-65-62(74)76-40-22-23-45-42-79-59-55(58(72)70(59)56(45)60(73)77-41-44-36-38-52(75-2)39-37-44)67-57(71)54(69-78-64(49-30-16-7-17-31-49,50-32-18-8-19-33-50)51-34-20-9-21-35-51)53-43-80-61(66-53)68-63(46-24-10-4-11-25-46,47-26-12-5-13-27-47)48-28-14-6-15-29-48/h4-39,43,55,59H,3,40-42H2,1-2H3,(H,65,74)(H,66,68)(H,67,71)/b23-22-,69-54-/t55?,59-/m0/s1. The first kappa shape index (κ1) is 54.1. The van der Waals surface area contributed by atoms with Gasteiger partial charge in [-0.1, -0.05) is 205 Å². The largest absolute Gasteiger partial charge is 0.497 e. The summed E-state index contributed by atoms with van der Waals surface area (Å²) >= 11 is 2.64. The van der Waals surface area contributed by atoms with Gasteiger partial charge in [-0.25, -0.2) is 14.6 Å². The summed E-state index contributed by atoms with van der Waals surface area (Å²) in [6.45, 7) is 1.99. The van der Waals surface area contributed by atoms with Gasteiger partial charge in [0.1, 0.15) is 47.3 Å². The van der Waals surface area contributed by atoms with E-state index in [0.29, 0.717) is 28.6 Å². The van der Waals surface area contributed by atoms with Crippen LogP contribution >= 0.6 is 23.1 Å². The highest BCUT2D eigenvalue weighted by atomic mass is 32.2. The number of oxime groups is 1. The van der Waals surface area contributed by atoms with Crippen LogP contribution in [0, 0.1) is 0 Å². The quantitative estimate of drug-likeness (QED) is 0.0206. The molecule has 2 aliphatic heterocycles. The van der Waals surface area contributed by atoms with Crippen molar-refractivity contribution < 1.29 is 38.2 Å². The number of methoxy groups -OCH3 is 1. The highest BCUT2D eigenvalue weighted by Crippen LogP contribution is 2.44. The topological polar surface area (TPSA) is 170 Å². The number of nitrogens with one attached hydrogen (secondary N) is 3. The number of thiazole rings is 1. The summed E-state index contributed by atoms with van der Waals surface area (Å²) in [6, 6.07) is 65.2. The second kappa shape index (κ2) is 25.0. The third-order valence-electron chi connectivity index (χ3n) is 13.6. The number of fused-ring (bicyclic) bond motifs is 1. The summed E-state index contributed by atoms with van der Waals surface area (Å²) in [5.41, 5.74) is 3.86. The molecule has 1 aromatic heterocycles. The van der Waals surface area contributed by atoms with Crippen LogP contribution in [0.2, 0.25) is 0 Å². The number of thioether (sulfide) groups is 1. The number of carbonyl (C=O) groups is 4. The number of β-lactam (4-membered cyclic amide) rings is 1. The van der Waals surface area contributed by atoms with Gasteiger partial charge in [0.25, 0.3) is 11.8 Å². The first-order chi connectivity index (χ1) is 39.2. The maximum absolute atomic E-state index is 15.4. The number of hydrogen-bond acceptors (Lipinski definition) is 13. The molecular weight excluding hydrogens is 1040 g/mol. The van der Waals surface area contributed by atoms with E-state index >= 15 is 4.79 Å². The van der Waals surface area contributed by atoms with Gasteiger partial charge >= 0.3 is 12.1 Å². The van der Waals surface area contributed by atoms with E-state index in [-0.39, 0.29) is 36.1 Å². The lowest BCUT2D eigenvalue weighted by Gasteiger charge is -2.49. The molecule has 0 spiro atoms. The number of aromatic nitrogens is 1. The predicted molar refractivity (Wildman–Crippen MR) is 311 cm³/mol. The lowest BCUT2D eigenvalue weighted by molar-refractivity contribution is -0.153. The van der Waals surface area contributed by atoms with Crippen molar-refractivity contribution in [3.05, 3.63) is 280 Å². The van der Waals surface area contributed by atoms with Crippen LogP contribution in [0.4, 0.5) is 9.93 Å². The van der Waals surface area contributed by atoms with E-state index in [1.54, 1.807) is 55.8 Å². The number of allylic oxidation sites excluding steroid dienone is 1. The molecule has 8 aromatic rings. The second-order valence-corrected chi connectivity index (χ2v) is 20.5. The Morgan fingerprint density at radius 1 is 0.700 bits per heavy atom. The van der Waals surface area contributed by atoms with Gasteiger partial charge in [-0.15, -0.1) is 23.1 Å². The van der Waals surface area contributed by atoms with Crippen LogP contribution in [-0.4, -0.2) is 76.9 Å². The van der Waals surface area contributed by atoms with Crippen LogP contribution in [0.5, 0.6) is 5.75 Å². The molecule has 1 saturated heterocycles. The van der Waals surface area contributed by atoms with Crippen molar-refractivity contribution in [2.75, 3.05) is 31.3 Å². The highest BCUT2D eigenvalue weighted by molar-refractivity contribution is 8.00. The van der Waals surface area contributed by atoms with Gasteiger partial charge in [-0.05, 0) is 53.0 Å². The Bertz CT molecular complexity index is 3320. The van der Waals surface area contributed by atoms with Gasteiger partial charge in [0.05, 0.1) is 7.11 Å². The number of amides is 3. The van der Waals surface area contributed by atoms with Gasteiger partial charge in [0.15, 0.2) is 10.8 Å². The van der Waals surface area contributed by atoms with E-state index in [4.69, 9.17) is 29.2 Å². The molecular formula is C64H56N6O8S2. The molecule has 10 rings (SSSR count). The number of anilines is 1. The summed E-state index contributed by atoms with van der Waals surface area (Å²) < 4.78 is 16.4. The van der Waals surface area contributed by atoms with Crippen LogP contribution in [0.1, 0.15) is 51.6 Å². The number of carbonyl (C=O) groups excluding carboxylic acids is 4. The number of rotatable bonds is 21. The maximum atomic E-state index is 15.4. The molecule has 16 heteroatoms. The Hall–Kier alpha value is -9.25. The van der Waals surface area contributed by atoms with Crippen LogP contribution in [0.25, 0.3) is 0 Å². The molecule has 0 aliphatic carbocycles. The summed E-state index contributed by atoms with van der Waals surface area (Å²) in [5, 5.41) is 15.7. The Morgan fingerprint density at radius 3 is 1.71 bits per heavy atom. The molecule has 14 nitrogen and oxygen atoms in total. The molecule has 2 atom stereocenters. The zero-order valence-electron chi connectivity index (χ0n) is 43.8. The lowest BCUT2D eigenvalue weighted by atomic mass is 9.77. The van der Waals surface area contributed by atoms with E-state index in [2.05, 4.69) is 52.3 Å². The normalized spacial score (nSPS) is 15.3. The summed E-state index contributed by atoms with van der Waals surface area (Å²) in [6.07, 6.45) is 2.64. The van der Waals surface area contributed by atoms with E-state index in [0.717, 1.165) is 33.4 Å². The molecule has 80 heavy (non-hydrogen) atoms. The zero-order chi connectivity index (χ0) is 55.3. The summed E-state index contributed by atoms with van der Waals surface area (Å²) in [5.74, 6) is -1.16. The third-order valence-corrected chi connectivity index (χ3v) is 15.7. The zero-order valence-corrected chi connectivity index (χ0v) is 45.4. The molecule has 1 fully saturated rings. The molecule has 3 N–H and O–H groups in total. The Balaban J connectivity index is 1.03. The van der Waals surface area contributed by atoms with E-state index in [1.807, 2.05) is 146 Å². The van der Waals surface area contributed by atoms with Crippen molar-refractivity contribution >= 4 is 57.8 Å². The first-order valence-electron chi connectivity index (χ1n) is 25.9. The molecule has 3 heterocycles. The van der Waals surface area contributed by atoms with Crippen LogP contribution in [0.3, 0.4) is 0 Å². The molecule has 7 aromatic carbocycles. The van der Waals surface area contributed by atoms with Crippen LogP contribution < -0.4 is 20.7 Å². The van der Waals surface area contributed by atoms with E-state index < -0.39 is 46.4 Å². The van der Waals surface area contributed by atoms with Gasteiger partial charge in [-0.2, -0.15) is 0 Å². The van der Waals surface area contributed by atoms with Crippen molar-refractivity contribution in [3.63, 3.8) is 0 Å². The number of hydrogen-bond donors (Lipinski definition) is 3. The highest BCUT2D eigenvalue weighted by Gasteiger charge is 2.55. The minimum Gasteiger partial charge on any atom is -0.497 e. The van der Waals surface area contributed by atoms with Gasteiger partial charge in [0.2, 0.25) is 5.60 Å². The van der Waals surface area contributed by atoms with Gasteiger partial charge in [0, 0.05) is 34.4 Å². The minimum absolute atomic E-state index is 0.0107. The summed E-state index contributed by atoms with van der Waals surface area (Å²) in [7, 11) is 1.56. The smallest absolute Gasteiger partial charge is 0.407 e. The third kappa shape index (κ3) is 11.3. The fourth-order valence-electron chi connectivity index (χ4n) is 9.79. The van der Waals surface area contributed by atoms with Gasteiger partial charge in [-0.3, -0.25) is 14.5 Å². The Labute approximate surface area is 472 Å². The Kier molecular flexibility index (Phi) is 16.9. The average molecular weight is 1100 g/mol. The molecule has 0 saturated carbocycles. The fraction of sp³-hybridized carbons (Fsp3) is 0.156. The van der Waals surface area contributed by atoms with E-state index in [1.165, 1.54) is 28.0 Å². The van der Waals surface area contributed by atoms with Crippen molar-refractivity contribution in [2.45, 2.75) is 36.1 Å². The Morgan fingerprint density at radius 2 is 1.21 bits per heavy atom. The second-order valence-electron chi connectivity index (χ2n) is 18.5. The van der Waals surface area contributed by atoms with Crippen LogP contribution in [-0.2, 0) is 46.4 Å². The number of alkyl carbamates (subject to hydrolysis) is 1. The summed E-state index contributed by atoms with van der Waals surface area (Å²) in [4.78, 5) is 69.8. The molecule has 3 amide bonds. The SMILES string of the molecule is CCNC(=O)OC/C=C\C1=C(C(=O)OCc2ccc(OC)cc2)N2C(=O)C(NC(=O)/C(=N\OC(c3ccccc3)(c3ccccc3)c3ccccc3)c3csc(NC(c4ccccc4)(c4ccccc4)c4ccccc4)n3)[C@@H]2SC1. The monoisotopic (exact) mass is 1100 g/mol. The number of nitrogens with zero attached hydrogens (tertiary/aromatic N) is 3. The number of esters is 1.